The highest BCUT2D eigenvalue weighted by atomic mass is 19.1. The third kappa shape index (κ3) is 9.91. The summed E-state index contributed by atoms with van der Waals surface area (Å²) in [6.45, 7) is 5.38. The summed E-state index contributed by atoms with van der Waals surface area (Å²) in [4.78, 5) is 35.4. The second kappa shape index (κ2) is 14.2. The maximum atomic E-state index is 13.4. The highest BCUT2D eigenvalue weighted by Crippen LogP contribution is 2.39. The van der Waals surface area contributed by atoms with Crippen LogP contribution in [0.5, 0.6) is 11.5 Å². The Bertz CT molecular complexity index is 1280. The Hall–Kier alpha value is -3.73. The van der Waals surface area contributed by atoms with Gasteiger partial charge in [0.1, 0.15) is 28.7 Å². The van der Waals surface area contributed by atoms with Crippen LogP contribution in [0.3, 0.4) is 0 Å². The van der Waals surface area contributed by atoms with E-state index in [4.69, 9.17) is 19.9 Å². The van der Waals surface area contributed by atoms with Crippen molar-refractivity contribution in [3.63, 3.8) is 0 Å². The van der Waals surface area contributed by atoms with Crippen LogP contribution in [0, 0.1) is 17.6 Å². The molecule has 236 valence electrons. The minimum atomic E-state index is -1.45. The number of rotatable bonds is 8. The molecule has 0 spiro atoms. The zero-order valence-corrected chi connectivity index (χ0v) is 24.8. The number of ether oxygens (including phenoxy) is 3. The Morgan fingerprint density at radius 3 is 1.79 bits per heavy atom. The molecule has 2 aromatic carbocycles. The van der Waals surface area contributed by atoms with E-state index in [0.717, 1.165) is 12.8 Å². The van der Waals surface area contributed by atoms with E-state index >= 15 is 0 Å². The lowest BCUT2D eigenvalue weighted by Gasteiger charge is -2.37. The molecule has 9 nitrogen and oxygen atoms in total. The number of carboxylic acid groups (broad SMARTS) is 2. The van der Waals surface area contributed by atoms with E-state index in [0.29, 0.717) is 25.7 Å². The third-order valence-electron chi connectivity index (χ3n) is 7.43. The van der Waals surface area contributed by atoms with Gasteiger partial charge in [0.15, 0.2) is 0 Å². The molecular formula is C32H41F2NO8. The molecule has 0 saturated heterocycles. The Morgan fingerprint density at radius 2 is 1.35 bits per heavy atom. The van der Waals surface area contributed by atoms with Gasteiger partial charge in [-0.3, -0.25) is 4.79 Å². The fourth-order valence-corrected chi connectivity index (χ4v) is 5.59. The lowest BCUT2D eigenvalue weighted by Crippen LogP contribution is -2.51. The van der Waals surface area contributed by atoms with Crippen LogP contribution < -0.4 is 15.2 Å². The number of nitrogens with two attached hydrogens (primary N) is 1. The van der Waals surface area contributed by atoms with Gasteiger partial charge in [0.05, 0.1) is 0 Å². The molecular weight excluding hydrogens is 564 g/mol. The van der Waals surface area contributed by atoms with E-state index in [1.807, 2.05) is 0 Å². The van der Waals surface area contributed by atoms with Crippen molar-refractivity contribution in [1.29, 1.82) is 0 Å². The molecule has 43 heavy (non-hydrogen) atoms. The molecule has 0 radical (unpaired) electrons. The number of halogens is 2. The molecule has 2 aliphatic rings. The van der Waals surface area contributed by atoms with Gasteiger partial charge in [-0.25, -0.2) is 18.4 Å². The zero-order valence-electron chi connectivity index (χ0n) is 24.8. The number of carbonyl (C=O) groups is 3. The molecule has 0 bridgehead atoms. The van der Waals surface area contributed by atoms with E-state index in [1.165, 1.54) is 42.5 Å². The van der Waals surface area contributed by atoms with Gasteiger partial charge in [0, 0.05) is 37.4 Å². The highest BCUT2D eigenvalue weighted by Gasteiger charge is 2.46. The van der Waals surface area contributed by atoms with E-state index in [2.05, 4.69) is 0 Å². The second-order valence-electron chi connectivity index (χ2n) is 12.3. The molecule has 11 heteroatoms. The first-order valence-electron chi connectivity index (χ1n) is 14.4. The first-order valence-corrected chi connectivity index (χ1v) is 14.4. The van der Waals surface area contributed by atoms with Crippen molar-refractivity contribution in [3.8, 4) is 11.5 Å². The molecule has 4 rings (SSSR count). The van der Waals surface area contributed by atoms with Crippen LogP contribution in [-0.4, -0.2) is 51.0 Å². The number of hydrogen-bond donors (Lipinski definition) is 3. The number of carbonyl (C=O) groups excluding carboxylic acids is 1. The molecule has 4 atom stereocenters. The van der Waals surface area contributed by atoms with Gasteiger partial charge in [-0.1, -0.05) is 12.1 Å². The van der Waals surface area contributed by atoms with Crippen molar-refractivity contribution >= 4 is 17.9 Å². The normalized spacial score (nSPS) is 25.4. The first kappa shape index (κ1) is 33.8. The van der Waals surface area contributed by atoms with Gasteiger partial charge < -0.3 is 30.2 Å². The average molecular weight is 606 g/mol. The predicted octanol–water partition coefficient (Wildman–Crippen LogP) is 5.88. The second-order valence-corrected chi connectivity index (χ2v) is 12.3. The minimum Gasteiger partial charge on any atom is -0.478 e. The summed E-state index contributed by atoms with van der Waals surface area (Å²) < 4.78 is 43.0. The minimum absolute atomic E-state index is 0.145. The van der Waals surface area contributed by atoms with Gasteiger partial charge in [-0.15, -0.1) is 0 Å². The van der Waals surface area contributed by atoms with E-state index < -0.39 is 40.4 Å². The molecule has 2 aliphatic carbocycles. The van der Waals surface area contributed by atoms with Crippen molar-refractivity contribution in [2.24, 2.45) is 11.7 Å². The van der Waals surface area contributed by atoms with Gasteiger partial charge in [-0.2, -0.15) is 0 Å². The summed E-state index contributed by atoms with van der Waals surface area (Å²) in [6, 6.07) is 10.8. The maximum Gasteiger partial charge on any atom is 0.348 e. The fraction of sp³-hybridized carbons (Fsp3) is 0.531. The Kier molecular flexibility index (Phi) is 11.1. The van der Waals surface area contributed by atoms with Crippen molar-refractivity contribution in [2.75, 3.05) is 0 Å². The summed E-state index contributed by atoms with van der Waals surface area (Å²) in [7, 11) is 0. The number of benzene rings is 2. The van der Waals surface area contributed by atoms with Crippen LogP contribution in [0.1, 0.15) is 78.6 Å². The van der Waals surface area contributed by atoms with Crippen molar-refractivity contribution in [3.05, 3.63) is 60.2 Å². The molecule has 4 N–H and O–H groups in total. The molecule has 2 saturated carbocycles. The Morgan fingerprint density at radius 1 is 0.860 bits per heavy atom. The maximum absolute atomic E-state index is 13.4. The summed E-state index contributed by atoms with van der Waals surface area (Å²) in [5.41, 5.74) is 2.46. The number of esters is 1. The van der Waals surface area contributed by atoms with Crippen molar-refractivity contribution < 1.29 is 47.6 Å². The van der Waals surface area contributed by atoms with E-state index in [1.54, 1.807) is 26.8 Å². The number of hydrogen-bond acceptors (Lipinski definition) is 7. The molecule has 0 aliphatic heterocycles. The van der Waals surface area contributed by atoms with Crippen LogP contribution in [0.15, 0.2) is 48.5 Å². The average Bonchev–Trinajstić information content (AvgIpc) is 2.88. The highest BCUT2D eigenvalue weighted by molar-refractivity contribution is 5.79. The molecule has 4 unspecified atom stereocenters. The Labute approximate surface area is 250 Å². The van der Waals surface area contributed by atoms with Crippen LogP contribution in [0.25, 0.3) is 0 Å². The number of carboxylic acids is 2. The first-order chi connectivity index (χ1) is 20.1. The summed E-state index contributed by atoms with van der Waals surface area (Å²) in [6.07, 6.45) is 4.16. The Balaban J connectivity index is 0.000000248. The predicted molar refractivity (Wildman–Crippen MR) is 154 cm³/mol. The van der Waals surface area contributed by atoms with Crippen molar-refractivity contribution in [1.82, 2.24) is 0 Å². The lowest BCUT2D eigenvalue weighted by molar-refractivity contribution is -0.164. The SMILES string of the molecule is CC(C)(C)OC(=O)CC1CCCC(Oc2cccc(F)c2)(C(=O)O)C1.NC1CCCC(Oc2cccc(F)c2)(C(=O)O)C1. The van der Waals surface area contributed by atoms with Crippen LogP contribution >= 0.6 is 0 Å². The topological polar surface area (TPSA) is 145 Å². The molecule has 2 fully saturated rings. The number of aliphatic carboxylic acids is 2. The van der Waals surface area contributed by atoms with Crippen LogP contribution in [0.2, 0.25) is 0 Å². The summed E-state index contributed by atoms with van der Waals surface area (Å²) >= 11 is 0. The van der Waals surface area contributed by atoms with E-state index in [9.17, 15) is 33.4 Å². The largest absolute Gasteiger partial charge is 0.478 e. The standard InChI is InChI=1S/C19H25FO5.C13H16FNO3/c1-18(2,3)25-16(21)10-13-6-5-9-19(12-13,17(22)23)24-15-8-4-7-14(20)11-15;14-9-3-1-5-11(7-9)18-13(12(16)17)6-2-4-10(15)8-13/h4,7-8,11,13H,5-6,9-10,12H2,1-3H3,(H,22,23);1,3,5,7,10H,2,4,6,8,15H2,(H,16,17). The van der Waals surface area contributed by atoms with Gasteiger partial charge in [0.25, 0.3) is 0 Å². The molecule has 2 aromatic rings. The van der Waals surface area contributed by atoms with Crippen molar-refractivity contribution in [2.45, 2.75) is 101 Å². The summed E-state index contributed by atoms with van der Waals surface area (Å²) in [5, 5.41) is 19.1. The monoisotopic (exact) mass is 605 g/mol. The molecule has 0 amide bonds. The van der Waals surface area contributed by atoms with Crippen LogP contribution in [0.4, 0.5) is 8.78 Å². The van der Waals surface area contributed by atoms with Gasteiger partial charge in [0.2, 0.25) is 11.2 Å². The zero-order chi connectivity index (χ0) is 31.8. The quantitative estimate of drug-likeness (QED) is 0.314. The summed E-state index contributed by atoms with van der Waals surface area (Å²) in [5.74, 6) is -3.15. The third-order valence-corrected chi connectivity index (χ3v) is 7.43. The molecule has 0 aromatic heterocycles. The van der Waals surface area contributed by atoms with Gasteiger partial charge in [-0.05, 0) is 89.5 Å². The smallest absolute Gasteiger partial charge is 0.348 e. The fourth-order valence-electron chi connectivity index (χ4n) is 5.59. The van der Waals surface area contributed by atoms with Gasteiger partial charge >= 0.3 is 17.9 Å². The lowest BCUT2D eigenvalue weighted by atomic mass is 9.76. The molecule has 0 heterocycles. The van der Waals surface area contributed by atoms with Crippen LogP contribution in [-0.2, 0) is 19.1 Å². The van der Waals surface area contributed by atoms with E-state index in [-0.39, 0.29) is 48.7 Å².